The van der Waals surface area contributed by atoms with Gasteiger partial charge in [0.05, 0.1) is 0 Å². The quantitative estimate of drug-likeness (QED) is 0.582. The molecule has 24 heavy (non-hydrogen) atoms. The van der Waals surface area contributed by atoms with E-state index in [2.05, 4.69) is 18.2 Å². The fourth-order valence-electron chi connectivity index (χ4n) is 2.55. The highest BCUT2D eigenvalue weighted by Crippen LogP contribution is 2.29. The highest BCUT2D eigenvalue weighted by Gasteiger charge is 2.06. The first kappa shape index (κ1) is 15.8. The van der Waals surface area contributed by atoms with Gasteiger partial charge < -0.3 is 5.11 Å². The summed E-state index contributed by atoms with van der Waals surface area (Å²) in [5.41, 5.74) is 4.95. The van der Waals surface area contributed by atoms with Crippen LogP contribution in [0, 0.1) is 6.92 Å². The smallest absolute Gasteiger partial charge is 0.126 e. The van der Waals surface area contributed by atoms with E-state index in [4.69, 9.17) is 0 Å². The van der Waals surface area contributed by atoms with Gasteiger partial charge in [-0.25, -0.2) is 0 Å². The molecule has 0 aliphatic rings. The molecule has 0 amide bonds. The molecule has 118 valence electrons. The van der Waals surface area contributed by atoms with Gasteiger partial charge in [-0.3, -0.25) is 0 Å². The minimum atomic E-state index is 0.331. The molecule has 0 aliphatic heterocycles. The lowest BCUT2D eigenvalue weighted by atomic mass is 10.00. The molecular formula is C23H20O. The lowest BCUT2D eigenvalue weighted by Crippen LogP contribution is -1.86. The molecule has 0 aromatic heterocycles. The Labute approximate surface area is 143 Å². The minimum Gasteiger partial charge on any atom is -0.507 e. The molecule has 0 heterocycles. The first-order valence-electron chi connectivity index (χ1n) is 8.03. The average Bonchev–Trinajstić information content (AvgIpc) is 2.63. The fourth-order valence-corrected chi connectivity index (χ4v) is 2.55. The number of rotatable bonds is 4. The summed E-state index contributed by atoms with van der Waals surface area (Å²) in [7, 11) is 0. The number of aryl methyl sites for hydroxylation is 1. The van der Waals surface area contributed by atoms with Crippen LogP contribution in [0.25, 0.3) is 24.3 Å². The zero-order chi connectivity index (χ0) is 16.8. The highest BCUT2D eigenvalue weighted by atomic mass is 16.3. The summed E-state index contributed by atoms with van der Waals surface area (Å²) in [6.45, 7) is 1.92. The fraction of sp³-hybridized carbons (Fsp3) is 0.0435. The maximum Gasteiger partial charge on any atom is 0.126 e. The first-order valence-corrected chi connectivity index (χ1v) is 8.03. The molecular weight excluding hydrogens is 292 g/mol. The normalized spacial score (nSPS) is 11.4. The number of phenols is 1. The van der Waals surface area contributed by atoms with E-state index in [-0.39, 0.29) is 0 Å². The Morgan fingerprint density at radius 3 is 1.75 bits per heavy atom. The largest absolute Gasteiger partial charge is 0.507 e. The highest BCUT2D eigenvalue weighted by molar-refractivity contribution is 5.82. The molecule has 0 fully saturated rings. The minimum absolute atomic E-state index is 0.331. The molecule has 1 nitrogen and oxygen atoms in total. The van der Waals surface area contributed by atoms with Gasteiger partial charge in [0.15, 0.2) is 0 Å². The molecule has 0 saturated carbocycles. The standard InChI is InChI=1S/C23H20O/c1-18-12-15-21(16-13-19-8-4-2-5-9-19)22(23(18)24)17-14-20-10-6-3-7-11-20/h2-17,24H,1H3. The van der Waals surface area contributed by atoms with E-state index in [0.29, 0.717) is 5.75 Å². The molecule has 3 aromatic rings. The van der Waals surface area contributed by atoms with Crippen molar-refractivity contribution in [1.29, 1.82) is 0 Å². The van der Waals surface area contributed by atoms with Gasteiger partial charge in [0.2, 0.25) is 0 Å². The van der Waals surface area contributed by atoms with Crippen LogP contribution in [0.3, 0.4) is 0 Å². The van der Waals surface area contributed by atoms with Crippen molar-refractivity contribution < 1.29 is 5.11 Å². The lowest BCUT2D eigenvalue weighted by Gasteiger charge is -2.08. The summed E-state index contributed by atoms with van der Waals surface area (Å²) >= 11 is 0. The third-order valence-corrected chi connectivity index (χ3v) is 3.95. The number of hydrogen-bond acceptors (Lipinski definition) is 1. The molecule has 3 aromatic carbocycles. The zero-order valence-corrected chi connectivity index (χ0v) is 13.7. The van der Waals surface area contributed by atoms with E-state index in [1.807, 2.05) is 85.8 Å². The van der Waals surface area contributed by atoms with E-state index in [0.717, 1.165) is 27.8 Å². The second kappa shape index (κ2) is 7.47. The van der Waals surface area contributed by atoms with Crippen LogP contribution in [-0.2, 0) is 0 Å². The van der Waals surface area contributed by atoms with Gasteiger partial charge in [-0.15, -0.1) is 0 Å². The van der Waals surface area contributed by atoms with Crippen molar-refractivity contribution >= 4 is 24.3 Å². The molecule has 0 unspecified atom stereocenters. The van der Waals surface area contributed by atoms with Gasteiger partial charge in [0, 0.05) is 5.56 Å². The second-order valence-corrected chi connectivity index (χ2v) is 5.72. The van der Waals surface area contributed by atoms with E-state index >= 15 is 0 Å². The number of benzene rings is 3. The van der Waals surface area contributed by atoms with Crippen LogP contribution in [0.4, 0.5) is 0 Å². The molecule has 1 heteroatoms. The van der Waals surface area contributed by atoms with Crippen LogP contribution in [0.5, 0.6) is 5.75 Å². The Morgan fingerprint density at radius 1 is 0.625 bits per heavy atom. The van der Waals surface area contributed by atoms with Gasteiger partial charge in [0.25, 0.3) is 0 Å². The Morgan fingerprint density at radius 2 is 1.17 bits per heavy atom. The number of aromatic hydroxyl groups is 1. The third kappa shape index (κ3) is 3.82. The number of hydrogen-bond donors (Lipinski definition) is 1. The van der Waals surface area contributed by atoms with Crippen LogP contribution < -0.4 is 0 Å². The zero-order valence-electron chi connectivity index (χ0n) is 13.7. The summed E-state index contributed by atoms with van der Waals surface area (Å²) in [6, 6.07) is 24.2. The molecule has 0 radical (unpaired) electrons. The summed E-state index contributed by atoms with van der Waals surface area (Å²) in [6.07, 6.45) is 8.10. The maximum absolute atomic E-state index is 10.5. The summed E-state index contributed by atoms with van der Waals surface area (Å²) in [4.78, 5) is 0. The van der Waals surface area contributed by atoms with Crippen LogP contribution in [0.1, 0.15) is 27.8 Å². The molecule has 0 aliphatic carbocycles. The SMILES string of the molecule is Cc1ccc(C=Cc2ccccc2)c(C=Cc2ccccc2)c1O. The lowest BCUT2D eigenvalue weighted by molar-refractivity contribution is 0.470. The van der Waals surface area contributed by atoms with Crippen molar-refractivity contribution in [2.45, 2.75) is 6.92 Å². The van der Waals surface area contributed by atoms with Crippen molar-refractivity contribution in [2.75, 3.05) is 0 Å². The first-order chi connectivity index (χ1) is 11.7. The molecule has 0 atom stereocenters. The van der Waals surface area contributed by atoms with Gasteiger partial charge in [-0.05, 0) is 29.2 Å². The Kier molecular flexibility index (Phi) is 4.93. The average molecular weight is 312 g/mol. The van der Waals surface area contributed by atoms with Crippen molar-refractivity contribution in [3.8, 4) is 5.75 Å². The molecule has 3 rings (SSSR count). The van der Waals surface area contributed by atoms with Crippen LogP contribution in [0.15, 0.2) is 72.8 Å². The van der Waals surface area contributed by atoms with Crippen molar-refractivity contribution in [2.24, 2.45) is 0 Å². The van der Waals surface area contributed by atoms with E-state index < -0.39 is 0 Å². The van der Waals surface area contributed by atoms with E-state index in [9.17, 15) is 5.11 Å². The summed E-state index contributed by atoms with van der Waals surface area (Å²) < 4.78 is 0. The topological polar surface area (TPSA) is 20.2 Å². The van der Waals surface area contributed by atoms with Crippen LogP contribution in [0.2, 0.25) is 0 Å². The summed E-state index contributed by atoms with van der Waals surface area (Å²) in [5.74, 6) is 0.331. The van der Waals surface area contributed by atoms with E-state index in [1.54, 1.807) is 0 Å². The molecule has 0 saturated heterocycles. The predicted octanol–water partition coefficient (Wildman–Crippen LogP) is 6.04. The molecule has 0 bridgehead atoms. The van der Waals surface area contributed by atoms with Gasteiger partial charge in [-0.2, -0.15) is 0 Å². The Bertz CT molecular complexity index is 859. The van der Waals surface area contributed by atoms with Crippen molar-refractivity contribution in [3.05, 3.63) is 101 Å². The van der Waals surface area contributed by atoms with Crippen LogP contribution >= 0.6 is 0 Å². The Hall–Kier alpha value is -3.06. The maximum atomic E-state index is 10.5. The van der Waals surface area contributed by atoms with Crippen LogP contribution in [-0.4, -0.2) is 5.11 Å². The summed E-state index contributed by atoms with van der Waals surface area (Å²) in [5, 5.41) is 10.5. The van der Waals surface area contributed by atoms with Crippen molar-refractivity contribution in [1.82, 2.24) is 0 Å². The molecule has 0 spiro atoms. The predicted molar refractivity (Wildman–Crippen MR) is 104 cm³/mol. The van der Waals surface area contributed by atoms with Gasteiger partial charge in [-0.1, -0.05) is 97.1 Å². The Balaban J connectivity index is 1.96. The van der Waals surface area contributed by atoms with E-state index in [1.165, 1.54) is 0 Å². The monoisotopic (exact) mass is 312 g/mol. The second-order valence-electron chi connectivity index (χ2n) is 5.72. The third-order valence-electron chi connectivity index (χ3n) is 3.95. The number of phenolic OH excluding ortho intramolecular Hbond substituents is 1. The molecule has 1 N–H and O–H groups in total. The van der Waals surface area contributed by atoms with Crippen molar-refractivity contribution in [3.63, 3.8) is 0 Å². The van der Waals surface area contributed by atoms with Gasteiger partial charge >= 0.3 is 0 Å². The van der Waals surface area contributed by atoms with Gasteiger partial charge in [0.1, 0.15) is 5.75 Å².